The van der Waals surface area contributed by atoms with Crippen LogP contribution in [0.25, 0.3) is 0 Å². The number of hydrogen-bond donors (Lipinski definition) is 1. The zero-order chi connectivity index (χ0) is 13.2. The Hall–Kier alpha value is -1.86. The molecule has 94 valence electrons. The van der Waals surface area contributed by atoms with E-state index < -0.39 is 30.3 Å². The van der Waals surface area contributed by atoms with Crippen LogP contribution >= 0.6 is 0 Å². The molecule has 0 fully saturated rings. The van der Waals surface area contributed by atoms with Crippen LogP contribution in [-0.4, -0.2) is 27.1 Å². The Morgan fingerprint density at radius 2 is 2.24 bits per heavy atom. The Labute approximate surface area is 93.8 Å². The summed E-state index contributed by atoms with van der Waals surface area (Å²) in [5, 5.41) is 11.7. The number of carboxylic acid groups (broad SMARTS) is 1. The van der Waals surface area contributed by atoms with Crippen LogP contribution in [0.3, 0.4) is 0 Å². The lowest BCUT2D eigenvalue weighted by Crippen LogP contribution is -2.18. The summed E-state index contributed by atoms with van der Waals surface area (Å²) in [6, 6.07) is -0.471. The monoisotopic (exact) mass is 250 g/mol. The summed E-state index contributed by atoms with van der Waals surface area (Å²) in [5.74, 6) is -1.29. The summed E-state index contributed by atoms with van der Waals surface area (Å²) in [6.07, 6.45) is -4.97. The molecular formula is C9H9F3N2O3. The van der Waals surface area contributed by atoms with Gasteiger partial charge in [0.15, 0.2) is 5.69 Å². The van der Waals surface area contributed by atoms with Crippen molar-refractivity contribution in [2.75, 3.05) is 0 Å². The molecule has 5 nitrogen and oxygen atoms in total. The molecule has 0 amide bonds. The molecule has 0 saturated carbocycles. The van der Waals surface area contributed by atoms with E-state index in [0.29, 0.717) is 0 Å². The summed E-state index contributed by atoms with van der Waals surface area (Å²) < 4.78 is 37.8. The number of aliphatic carboxylic acids is 1. The van der Waals surface area contributed by atoms with Crippen LogP contribution < -0.4 is 0 Å². The van der Waals surface area contributed by atoms with Gasteiger partial charge in [0.25, 0.3) is 0 Å². The van der Waals surface area contributed by atoms with Gasteiger partial charge in [0, 0.05) is 5.69 Å². The van der Waals surface area contributed by atoms with Gasteiger partial charge in [-0.2, -0.15) is 18.3 Å². The van der Waals surface area contributed by atoms with Gasteiger partial charge < -0.3 is 9.90 Å². The fourth-order valence-electron chi connectivity index (χ4n) is 1.33. The molecule has 0 radical (unpaired) electrons. The van der Waals surface area contributed by atoms with E-state index in [9.17, 15) is 22.8 Å². The first-order valence-electron chi connectivity index (χ1n) is 4.56. The van der Waals surface area contributed by atoms with Crippen LogP contribution in [0.4, 0.5) is 13.2 Å². The molecular weight excluding hydrogens is 241 g/mol. The molecule has 0 bridgehead atoms. The number of carbonyl (C=O) groups is 2. The summed E-state index contributed by atoms with van der Waals surface area (Å²) in [6.45, 7) is 1.32. The second-order valence-corrected chi connectivity index (χ2v) is 3.41. The highest BCUT2D eigenvalue weighted by Crippen LogP contribution is 2.29. The molecule has 0 aliphatic carbocycles. The zero-order valence-electron chi connectivity index (χ0n) is 8.73. The van der Waals surface area contributed by atoms with Gasteiger partial charge in [-0.25, -0.2) is 0 Å². The van der Waals surface area contributed by atoms with Gasteiger partial charge in [0.05, 0.1) is 6.42 Å². The number of aromatic nitrogens is 2. The number of halogens is 3. The average molecular weight is 250 g/mol. The molecule has 1 atom stereocenters. The molecule has 0 aliphatic heterocycles. The van der Waals surface area contributed by atoms with Gasteiger partial charge in [-0.15, -0.1) is 0 Å². The minimum absolute atomic E-state index is 0.0793. The molecule has 0 aliphatic rings. The minimum Gasteiger partial charge on any atom is -0.481 e. The first-order chi connectivity index (χ1) is 7.75. The van der Waals surface area contributed by atoms with Gasteiger partial charge in [0.2, 0.25) is 0 Å². The third-order valence-corrected chi connectivity index (χ3v) is 2.07. The molecule has 0 aromatic carbocycles. The number of alkyl halides is 3. The van der Waals surface area contributed by atoms with E-state index in [0.717, 1.165) is 10.7 Å². The molecule has 1 aromatic heterocycles. The summed E-state index contributed by atoms with van der Waals surface area (Å²) in [5.41, 5.74) is -1.07. The second-order valence-electron chi connectivity index (χ2n) is 3.41. The quantitative estimate of drug-likeness (QED) is 0.820. The third kappa shape index (κ3) is 3.05. The lowest BCUT2D eigenvalue weighted by atomic mass is 10.2. The maximum atomic E-state index is 12.3. The Bertz CT molecular complexity index is 439. The van der Waals surface area contributed by atoms with Crippen LogP contribution in [0, 0.1) is 6.92 Å². The first-order valence-corrected chi connectivity index (χ1v) is 4.56. The lowest BCUT2D eigenvalue weighted by molar-refractivity contribution is -0.141. The molecule has 8 heteroatoms. The van der Waals surface area contributed by atoms with Crippen molar-refractivity contribution in [2.45, 2.75) is 25.6 Å². The third-order valence-electron chi connectivity index (χ3n) is 2.07. The van der Waals surface area contributed by atoms with E-state index in [1.807, 2.05) is 0 Å². The molecule has 1 rings (SSSR count). The van der Waals surface area contributed by atoms with Crippen molar-refractivity contribution >= 4 is 12.3 Å². The van der Waals surface area contributed by atoms with Gasteiger partial charge in [-0.05, 0) is 13.0 Å². The van der Waals surface area contributed by atoms with Crippen molar-refractivity contribution in [2.24, 2.45) is 0 Å². The molecule has 17 heavy (non-hydrogen) atoms. The van der Waals surface area contributed by atoms with Crippen molar-refractivity contribution in [3.05, 3.63) is 17.5 Å². The van der Waals surface area contributed by atoms with E-state index in [4.69, 9.17) is 5.11 Å². The number of carboxylic acids is 1. The van der Waals surface area contributed by atoms with Crippen LogP contribution in [0.2, 0.25) is 0 Å². The normalized spacial score (nSPS) is 13.4. The molecule has 1 N–H and O–H groups in total. The Kier molecular flexibility index (Phi) is 3.54. The zero-order valence-corrected chi connectivity index (χ0v) is 8.73. The molecule has 1 heterocycles. The molecule has 0 spiro atoms. The average Bonchev–Trinajstić information content (AvgIpc) is 2.56. The molecule has 1 aromatic rings. The highest BCUT2D eigenvalue weighted by atomic mass is 19.4. The largest absolute Gasteiger partial charge is 0.481 e. The van der Waals surface area contributed by atoms with Crippen LogP contribution in [0.1, 0.15) is 23.9 Å². The smallest absolute Gasteiger partial charge is 0.435 e. The standard InChI is InChI=1S/C9H9F3N2O3/c1-5-2-7(9(10,11)12)13-14(5)6(4-15)3-8(16)17/h2,4,6H,3H2,1H3,(H,16,17). The van der Waals surface area contributed by atoms with E-state index in [-0.39, 0.29) is 12.0 Å². The summed E-state index contributed by atoms with van der Waals surface area (Å²) in [7, 11) is 0. The van der Waals surface area contributed by atoms with Crippen molar-refractivity contribution in [1.29, 1.82) is 0 Å². The van der Waals surface area contributed by atoms with Crippen LogP contribution in [0.5, 0.6) is 0 Å². The Morgan fingerprint density at radius 1 is 1.65 bits per heavy atom. The van der Waals surface area contributed by atoms with Gasteiger partial charge >= 0.3 is 12.1 Å². The second kappa shape index (κ2) is 4.56. The first kappa shape index (κ1) is 13.2. The van der Waals surface area contributed by atoms with Gasteiger partial charge in [-0.3, -0.25) is 9.48 Å². The maximum absolute atomic E-state index is 12.3. The molecule has 0 saturated heterocycles. The fraction of sp³-hybridized carbons (Fsp3) is 0.444. The minimum atomic E-state index is -4.62. The van der Waals surface area contributed by atoms with Crippen molar-refractivity contribution in [1.82, 2.24) is 9.78 Å². The summed E-state index contributed by atoms with van der Waals surface area (Å²) in [4.78, 5) is 21.1. The SMILES string of the molecule is Cc1cc(C(F)(F)F)nn1C(C=O)CC(=O)O. The van der Waals surface area contributed by atoms with E-state index in [2.05, 4.69) is 5.10 Å². The van der Waals surface area contributed by atoms with E-state index in [1.54, 1.807) is 0 Å². The number of carbonyl (C=O) groups excluding carboxylic acids is 1. The van der Waals surface area contributed by atoms with E-state index >= 15 is 0 Å². The summed E-state index contributed by atoms with van der Waals surface area (Å²) >= 11 is 0. The predicted octanol–water partition coefficient (Wildman–Crippen LogP) is 1.43. The predicted molar refractivity (Wildman–Crippen MR) is 49.3 cm³/mol. The number of nitrogens with zero attached hydrogens (tertiary/aromatic N) is 2. The Balaban J connectivity index is 3.09. The van der Waals surface area contributed by atoms with Crippen molar-refractivity contribution in [3.8, 4) is 0 Å². The van der Waals surface area contributed by atoms with Crippen molar-refractivity contribution < 1.29 is 27.9 Å². The topological polar surface area (TPSA) is 72.2 Å². The highest BCUT2D eigenvalue weighted by molar-refractivity contribution is 5.72. The highest BCUT2D eigenvalue weighted by Gasteiger charge is 2.35. The number of aldehydes is 1. The number of hydrogen-bond acceptors (Lipinski definition) is 3. The van der Waals surface area contributed by atoms with Gasteiger partial charge in [0.1, 0.15) is 12.3 Å². The van der Waals surface area contributed by atoms with Crippen molar-refractivity contribution in [3.63, 3.8) is 0 Å². The number of rotatable bonds is 4. The van der Waals surface area contributed by atoms with Gasteiger partial charge in [-0.1, -0.05) is 0 Å². The maximum Gasteiger partial charge on any atom is 0.435 e. The van der Waals surface area contributed by atoms with E-state index in [1.165, 1.54) is 6.92 Å². The number of aryl methyl sites for hydroxylation is 1. The fourth-order valence-corrected chi connectivity index (χ4v) is 1.33. The van der Waals surface area contributed by atoms with Crippen LogP contribution in [-0.2, 0) is 15.8 Å². The molecule has 1 unspecified atom stereocenters. The lowest BCUT2D eigenvalue weighted by Gasteiger charge is -2.10. The van der Waals surface area contributed by atoms with Crippen LogP contribution in [0.15, 0.2) is 6.07 Å². The Morgan fingerprint density at radius 3 is 2.59 bits per heavy atom.